The highest BCUT2D eigenvalue weighted by atomic mass is 35.5. The summed E-state index contributed by atoms with van der Waals surface area (Å²) in [6.07, 6.45) is 0.982. The minimum atomic E-state index is -0.447. The molecule has 0 bridgehead atoms. The van der Waals surface area contributed by atoms with Crippen LogP contribution in [0.15, 0.2) is 48.5 Å². The monoisotopic (exact) mass is 397 g/mol. The first-order valence-electron chi connectivity index (χ1n) is 9.25. The molecule has 6 heteroatoms. The number of ether oxygens (including phenoxy) is 1. The highest BCUT2D eigenvalue weighted by molar-refractivity contribution is 6.30. The van der Waals surface area contributed by atoms with Gasteiger partial charge in [-0.15, -0.1) is 0 Å². The fourth-order valence-corrected chi connectivity index (χ4v) is 2.99. The summed E-state index contributed by atoms with van der Waals surface area (Å²) in [7, 11) is 4.12. The Morgan fingerprint density at radius 3 is 2.32 bits per heavy atom. The van der Waals surface area contributed by atoms with Crippen LogP contribution in [-0.4, -0.2) is 48.1 Å². The molecule has 0 fully saturated rings. The number of imidazole rings is 1. The van der Waals surface area contributed by atoms with E-state index in [0.717, 1.165) is 24.1 Å². The number of hydrogen-bond acceptors (Lipinski definition) is 4. The molecule has 3 rings (SSSR count). The molecule has 0 atom stereocenters. The number of carbonyl (C=O) groups excluding carboxylic acids is 1. The molecular weight excluding hydrogens is 374 g/mol. The van der Waals surface area contributed by atoms with Crippen molar-refractivity contribution in [3.63, 3.8) is 0 Å². The van der Waals surface area contributed by atoms with Crippen LogP contribution in [0.4, 0.5) is 0 Å². The zero-order valence-corrected chi connectivity index (χ0v) is 17.1. The van der Waals surface area contributed by atoms with Crippen LogP contribution < -0.4 is 0 Å². The van der Waals surface area contributed by atoms with E-state index in [9.17, 15) is 4.79 Å². The van der Waals surface area contributed by atoms with Crippen LogP contribution in [0.5, 0.6) is 0 Å². The van der Waals surface area contributed by atoms with E-state index in [-0.39, 0.29) is 5.69 Å². The zero-order chi connectivity index (χ0) is 20.1. The van der Waals surface area contributed by atoms with E-state index in [1.807, 2.05) is 24.3 Å². The van der Waals surface area contributed by atoms with Gasteiger partial charge in [-0.2, -0.15) is 0 Å². The summed E-state index contributed by atoms with van der Waals surface area (Å²) in [4.78, 5) is 22.4. The second-order valence-electron chi connectivity index (χ2n) is 6.79. The molecule has 0 aliphatic rings. The predicted octanol–water partition coefficient (Wildman–Crippen LogP) is 4.68. The molecule has 3 aromatic rings. The van der Waals surface area contributed by atoms with Crippen molar-refractivity contribution in [2.24, 2.45) is 0 Å². The van der Waals surface area contributed by atoms with Crippen molar-refractivity contribution in [1.82, 2.24) is 14.9 Å². The second-order valence-corrected chi connectivity index (χ2v) is 7.22. The van der Waals surface area contributed by atoms with E-state index in [1.165, 1.54) is 5.56 Å². The molecule has 146 valence electrons. The SMILES string of the molecule is CCOC(=O)c1nc(-c2ccc(CCN(C)C)cc2)[nH]c1-c1ccc(Cl)cc1. The number of halogens is 1. The first-order chi connectivity index (χ1) is 13.5. The van der Waals surface area contributed by atoms with E-state index in [0.29, 0.717) is 23.1 Å². The first kappa shape index (κ1) is 20.1. The predicted molar refractivity (Wildman–Crippen MR) is 113 cm³/mol. The number of esters is 1. The lowest BCUT2D eigenvalue weighted by Gasteiger charge is -2.09. The Morgan fingerprint density at radius 2 is 1.71 bits per heavy atom. The Kier molecular flexibility index (Phi) is 6.49. The Hall–Kier alpha value is -2.63. The average Bonchev–Trinajstić information content (AvgIpc) is 3.13. The standard InChI is InChI=1S/C22H24ClN3O2/c1-4-28-22(27)20-19(16-9-11-18(23)12-10-16)24-21(25-20)17-7-5-15(6-8-17)13-14-26(2)3/h5-12H,4,13-14H2,1-3H3,(H,24,25). The number of nitrogens with one attached hydrogen (secondary N) is 1. The molecular formula is C22H24ClN3O2. The van der Waals surface area contributed by atoms with Gasteiger partial charge in [0, 0.05) is 22.7 Å². The number of benzene rings is 2. The van der Waals surface area contributed by atoms with E-state index in [2.05, 4.69) is 41.1 Å². The second kappa shape index (κ2) is 9.04. The topological polar surface area (TPSA) is 58.2 Å². The Bertz CT molecular complexity index is 931. The number of rotatable bonds is 7. The minimum absolute atomic E-state index is 0.274. The van der Waals surface area contributed by atoms with Crippen LogP contribution in [0.2, 0.25) is 5.02 Å². The van der Waals surface area contributed by atoms with Crippen molar-refractivity contribution < 1.29 is 9.53 Å². The van der Waals surface area contributed by atoms with Crippen LogP contribution in [-0.2, 0) is 11.2 Å². The molecule has 28 heavy (non-hydrogen) atoms. The normalized spacial score (nSPS) is 11.0. The number of nitrogens with zero attached hydrogens (tertiary/aromatic N) is 2. The molecule has 0 aliphatic heterocycles. The molecule has 1 aromatic heterocycles. The fourth-order valence-electron chi connectivity index (χ4n) is 2.86. The smallest absolute Gasteiger partial charge is 0.359 e. The third kappa shape index (κ3) is 4.80. The maximum absolute atomic E-state index is 12.4. The summed E-state index contributed by atoms with van der Waals surface area (Å²) in [5.74, 6) is 0.185. The van der Waals surface area contributed by atoms with E-state index in [1.54, 1.807) is 19.1 Å². The maximum atomic E-state index is 12.4. The Labute approximate surface area is 170 Å². The minimum Gasteiger partial charge on any atom is -0.461 e. The van der Waals surface area contributed by atoms with Gasteiger partial charge in [-0.1, -0.05) is 48.0 Å². The summed E-state index contributed by atoms with van der Waals surface area (Å²) in [5, 5.41) is 0.634. The first-order valence-corrected chi connectivity index (χ1v) is 9.63. The van der Waals surface area contributed by atoms with Gasteiger partial charge in [-0.05, 0) is 45.1 Å². The lowest BCUT2D eigenvalue weighted by molar-refractivity contribution is 0.0521. The molecule has 0 spiro atoms. The van der Waals surface area contributed by atoms with Gasteiger partial charge < -0.3 is 14.6 Å². The van der Waals surface area contributed by atoms with Crippen molar-refractivity contribution in [1.29, 1.82) is 0 Å². The van der Waals surface area contributed by atoms with Crippen LogP contribution in [0, 0.1) is 0 Å². The van der Waals surface area contributed by atoms with Gasteiger partial charge in [0.05, 0.1) is 12.3 Å². The summed E-state index contributed by atoms with van der Waals surface area (Å²) in [6, 6.07) is 15.5. The van der Waals surface area contributed by atoms with Crippen molar-refractivity contribution in [2.75, 3.05) is 27.2 Å². The van der Waals surface area contributed by atoms with Crippen molar-refractivity contribution in [3.05, 3.63) is 64.8 Å². The molecule has 5 nitrogen and oxygen atoms in total. The van der Waals surface area contributed by atoms with Gasteiger partial charge >= 0.3 is 5.97 Å². The van der Waals surface area contributed by atoms with Gasteiger partial charge in [0.2, 0.25) is 0 Å². The molecule has 0 unspecified atom stereocenters. The van der Waals surface area contributed by atoms with Gasteiger partial charge in [0.25, 0.3) is 0 Å². The largest absolute Gasteiger partial charge is 0.461 e. The molecule has 0 radical (unpaired) electrons. The van der Waals surface area contributed by atoms with Crippen molar-refractivity contribution in [2.45, 2.75) is 13.3 Å². The highest BCUT2D eigenvalue weighted by Gasteiger charge is 2.20. The van der Waals surface area contributed by atoms with Gasteiger partial charge in [-0.25, -0.2) is 9.78 Å². The van der Waals surface area contributed by atoms with E-state index < -0.39 is 5.97 Å². The molecule has 1 N–H and O–H groups in total. The van der Waals surface area contributed by atoms with Crippen molar-refractivity contribution in [3.8, 4) is 22.6 Å². The van der Waals surface area contributed by atoms with Gasteiger partial charge in [0.1, 0.15) is 5.82 Å². The lowest BCUT2D eigenvalue weighted by atomic mass is 10.1. The third-order valence-corrected chi connectivity index (χ3v) is 4.63. The number of aromatic amines is 1. The van der Waals surface area contributed by atoms with E-state index >= 15 is 0 Å². The Morgan fingerprint density at radius 1 is 1.07 bits per heavy atom. The highest BCUT2D eigenvalue weighted by Crippen LogP contribution is 2.28. The molecule has 2 aromatic carbocycles. The quantitative estimate of drug-likeness (QED) is 0.588. The van der Waals surface area contributed by atoms with Gasteiger partial charge in [-0.3, -0.25) is 0 Å². The summed E-state index contributed by atoms with van der Waals surface area (Å²) in [5.41, 5.74) is 3.90. The zero-order valence-electron chi connectivity index (χ0n) is 16.3. The average molecular weight is 398 g/mol. The van der Waals surface area contributed by atoms with Crippen LogP contribution in [0.3, 0.4) is 0 Å². The number of hydrogen-bond donors (Lipinski definition) is 1. The summed E-state index contributed by atoms with van der Waals surface area (Å²) >= 11 is 5.99. The molecule has 0 saturated heterocycles. The van der Waals surface area contributed by atoms with Crippen LogP contribution in [0.25, 0.3) is 22.6 Å². The number of carbonyl (C=O) groups is 1. The molecule has 0 saturated carbocycles. The summed E-state index contributed by atoms with van der Waals surface area (Å²) in [6.45, 7) is 3.06. The fraction of sp³-hybridized carbons (Fsp3) is 0.273. The van der Waals surface area contributed by atoms with E-state index in [4.69, 9.17) is 16.3 Å². The Balaban J connectivity index is 1.94. The maximum Gasteiger partial charge on any atom is 0.359 e. The number of aromatic nitrogens is 2. The molecule has 0 amide bonds. The number of likely N-dealkylation sites (N-methyl/N-ethyl adjacent to an activating group) is 1. The number of H-pyrrole nitrogens is 1. The van der Waals surface area contributed by atoms with Crippen LogP contribution in [0.1, 0.15) is 23.0 Å². The van der Waals surface area contributed by atoms with Crippen molar-refractivity contribution >= 4 is 17.6 Å². The summed E-state index contributed by atoms with van der Waals surface area (Å²) < 4.78 is 5.18. The molecule has 1 heterocycles. The third-order valence-electron chi connectivity index (χ3n) is 4.38. The van der Waals surface area contributed by atoms with Crippen LogP contribution >= 0.6 is 11.6 Å². The molecule has 0 aliphatic carbocycles. The lowest BCUT2D eigenvalue weighted by Crippen LogP contribution is -2.14. The van der Waals surface area contributed by atoms with Gasteiger partial charge in [0.15, 0.2) is 5.69 Å².